The second-order valence-corrected chi connectivity index (χ2v) is 11.5. The molecule has 4 aliphatic heterocycles. The quantitative estimate of drug-likeness (QED) is 0.359. The van der Waals surface area contributed by atoms with Crippen molar-refractivity contribution in [3.8, 4) is 0 Å². The summed E-state index contributed by atoms with van der Waals surface area (Å²) in [5, 5.41) is 0. The van der Waals surface area contributed by atoms with E-state index in [0.717, 1.165) is 0 Å². The molecule has 0 atom stereocenters. The fourth-order valence-corrected chi connectivity index (χ4v) is 15.0. The molecule has 19 heteroatoms. The molecule has 4 fully saturated rings. The van der Waals surface area contributed by atoms with Crippen molar-refractivity contribution in [3.63, 3.8) is 0 Å². The second kappa shape index (κ2) is 7.50. The topological polar surface area (TPSA) is 208 Å². The van der Waals surface area contributed by atoms with E-state index >= 15 is 0 Å². The predicted octanol–water partition coefficient (Wildman–Crippen LogP) is -8.19. The van der Waals surface area contributed by atoms with Crippen molar-refractivity contribution < 1.29 is 54.8 Å². The van der Waals surface area contributed by atoms with Crippen molar-refractivity contribution in [2.24, 2.45) is 0 Å². The summed E-state index contributed by atoms with van der Waals surface area (Å²) in [4.78, 5) is 45.4. The second-order valence-electron chi connectivity index (χ2n) is 2.61. The van der Waals surface area contributed by atoms with E-state index < -0.39 is 36.2 Å². The Hall–Kier alpha value is 2.69. The molecule has 4 rings (SSSR count). The van der Waals surface area contributed by atoms with Crippen LogP contribution in [-0.2, 0) is 24.7 Å². The summed E-state index contributed by atoms with van der Waals surface area (Å²) in [7, 11) is -18.8. The molecule has 0 spiro atoms. The first-order valence-electron chi connectivity index (χ1n) is 3.27. The molecule has 0 amide bonds. The first-order valence-corrected chi connectivity index (χ1v) is 9.80. The average molecular weight is 379 g/mol. The minimum atomic E-state index is -4.69. The fraction of sp³-hybridized carbons (Fsp3) is 0. The van der Waals surface area contributed by atoms with Crippen LogP contribution in [0.1, 0.15) is 0 Å². The molecule has 0 aliphatic carbocycles. The summed E-state index contributed by atoms with van der Waals surface area (Å²) in [5.41, 5.74) is 0. The minimum absolute atomic E-state index is 0. The standard InChI is InChI=1S/3Mg.O10Si4.2H2O/c;;;1-11-5-12(2)8-13(3,6-11)10-14(4,7-11)9-12;;/h;;;;2*1H2/q3*+2;-4;;/p-2. The molecule has 0 aromatic heterocycles. The first-order chi connectivity index (χ1) is 6.24. The van der Waals surface area contributed by atoms with E-state index in [1.807, 2.05) is 0 Å². The molecule has 96 valence electrons. The van der Waals surface area contributed by atoms with Gasteiger partial charge in [0.25, 0.3) is 0 Å². The van der Waals surface area contributed by atoms with Gasteiger partial charge in [-0.15, -0.1) is 0 Å². The van der Waals surface area contributed by atoms with Crippen LogP contribution >= 0.6 is 0 Å². The van der Waals surface area contributed by atoms with Crippen LogP contribution in [0, 0.1) is 0 Å². The van der Waals surface area contributed by atoms with Crippen molar-refractivity contribution in [1.82, 2.24) is 0 Å². The summed E-state index contributed by atoms with van der Waals surface area (Å²) >= 11 is 0. The average Bonchev–Trinajstić information content (AvgIpc) is 1.67. The Balaban J connectivity index is -0.000000512. The molecule has 2 N–H and O–H groups in total. The van der Waals surface area contributed by atoms with Crippen molar-refractivity contribution >= 4 is 105 Å². The molecular formula is H2Mg3O12Si4. The van der Waals surface area contributed by atoms with Gasteiger partial charge in [-0.1, -0.05) is 0 Å². The summed E-state index contributed by atoms with van der Waals surface area (Å²) in [6.45, 7) is 0. The molecule has 0 aromatic rings. The fourth-order valence-electron chi connectivity index (χ4n) is 1.17. The van der Waals surface area contributed by atoms with Gasteiger partial charge in [-0.3, -0.25) is 0 Å². The Labute approximate surface area is 158 Å². The van der Waals surface area contributed by atoms with E-state index in [9.17, 15) is 19.2 Å². The maximum Gasteiger partial charge on any atom is 2.00 e. The van der Waals surface area contributed by atoms with Gasteiger partial charge in [0, 0.05) is 0 Å². The van der Waals surface area contributed by atoms with Crippen LogP contribution in [0.4, 0.5) is 0 Å². The van der Waals surface area contributed by atoms with Crippen molar-refractivity contribution in [2.75, 3.05) is 0 Å². The smallest absolute Gasteiger partial charge is 0.870 e. The molecule has 12 nitrogen and oxygen atoms in total. The summed E-state index contributed by atoms with van der Waals surface area (Å²) in [5.74, 6) is 0. The van der Waals surface area contributed by atoms with E-state index in [1.54, 1.807) is 0 Å². The number of hydrogen-bond donors (Lipinski definition) is 0. The van der Waals surface area contributed by atoms with E-state index in [2.05, 4.69) is 24.7 Å². The van der Waals surface area contributed by atoms with Gasteiger partial charge in [0.05, 0.1) is 0 Å². The van der Waals surface area contributed by atoms with Crippen molar-refractivity contribution in [1.29, 1.82) is 0 Å². The van der Waals surface area contributed by atoms with E-state index in [1.165, 1.54) is 0 Å². The molecular weight excluding hydrogens is 377 g/mol. The third-order valence-electron chi connectivity index (χ3n) is 1.50. The Kier molecular flexibility index (Phi) is 10.5. The minimum Gasteiger partial charge on any atom is -0.870 e. The molecule has 4 bridgehead atoms. The van der Waals surface area contributed by atoms with Gasteiger partial charge in [-0.05, 0) is 0 Å². The summed E-state index contributed by atoms with van der Waals surface area (Å²) in [6.07, 6.45) is 0. The predicted molar refractivity (Wildman–Crippen MR) is 50.7 cm³/mol. The zero-order chi connectivity index (χ0) is 10.2. The Morgan fingerprint density at radius 3 is 0.632 bits per heavy atom. The Bertz CT molecular complexity index is 218. The zero-order valence-electron chi connectivity index (χ0n) is 9.10. The molecule has 4 aliphatic rings. The van der Waals surface area contributed by atoms with Gasteiger partial charge in [0.15, 0.2) is 0 Å². The van der Waals surface area contributed by atoms with Gasteiger partial charge >= 0.3 is 105 Å². The van der Waals surface area contributed by atoms with Crippen LogP contribution < -0.4 is 19.2 Å². The maximum absolute atomic E-state index is 11.3. The Morgan fingerprint density at radius 1 is 0.421 bits per heavy atom. The SMILES string of the molecule is [Mg+2].[Mg+2].[Mg+2].[O-][Si]12O[Si]3([O-])O[Si]([O-])(O1)O[Si]([O-])(O2)O3.[OH-].[OH-]. The van der Waals surface area contributed by atoms with Crippen molar-refractivity contribution in [2.45, 2.75) is 0 Å². The third kappa shape index (κ3) is 4.83. The van der Waals surface area contributed by atoms with Gasteiger partial charge in [-0.2, -0.15) is 0 Å². The van der Waals surface area contributed by atoms with Gasteiger partial charge in [0.1, 0.15) is 0 Å². The largest absolute Gasteiger partial charge is 2.00 e. The molecule has 4 saturated heterocycles. The summed E-state index contributed by atoms with van der Waals surface area (Å²) in [6, 6.07) is 0. The van der Waals surface area contributed by atoms with E-state index in [4.69, 9.17) is 0 Å². The molecule has 0 aromatic carbocycles. The van der Waals surface area contributed by atoms with Crippen LogP contribution in [0.25, 0.3) is 0 Å². The number of hydrogen-bond acceptors (Lipinski definition) is 12. The van der Waals surface area contributed by atoms with Gasteiger partial charge in [-0.25, -0.2) is 0 Å². The molecule has 19 heavy (non-hydrogen) atoms. The van der Waals surface area contributed by atoms with E-state index in [-0.39, 0.29) is 80.1 Å². The monoisotopic (exact) mass is 378 g/mol. The van der Waals surface area contributed by atoms with Crippen LogP contribution in [-0.4, -0.2) is 116 Å². The molecule has 4 heterocycles. The first kappa shape index (κ1) is 26.6. The molecule has 0 unspecified atom stereocenters. The van der Waals surface area contributed by atoms with Crippen LogP contribution in [0.15, 0.2) is 0 Å². The van der Waals surface area contributed by atoms with Crippen LogP contribution in [0.5, 0.6) is 0 Å². The Morgan fingerprint density at radius 2 is 0.526 bits per heavy atom. The zero-order valence-corrected chi connectivity index (χ0v) is 17.3. The molecule has 0 radical (unpaired) electrons. The maximum atomic E-state index is 11.3. The van der Waals surface area contributed by atoms with Gasteiger partial charge < -0.3 is 54.8 Å². The van der Waals surface area contributed by atoms with E-state index in [0.29, 0.717) is 0 Å². The van der Waals surface area contributed by atoms with Crippen LogP contribution in [0.2, 0.25) is 0 Å². The van der Waals surface area contributed by atoms with Crippen LogP contribution in [0.3, 0.4) is 0 Å². The molecule has 0 saturated carbocycles. The van der Waals surface area contributed by atoms with Gasteiger partial charge in [0.2, 0.25) is 0 Å². The summed E-state index contributed by atoms with van der Waals surface area (Å²) < 4.78 is 25.2. The van der Waals surface area contributed by atoms with Crippen molar-refractivity contribution in [3.05, 3.63) is 0 Å². The third-order valence-corrected chi connectivity index (χ3v) is 13.5. The normalized spacial score (nSPS) is 48.6. The number of rotatable bonds is 0.